The van der Waals surface area contributed by atoms with E-state index in [2.05, 4.69) is 9.98 Å². The molecule has 25 heavy (non-hydrogen) atoms. The summed E-state index contributed by atoms with van der Waals surface area (Å²) in [6, 6.07) is 8.23. The zero-order valence-electron chi connectivity index (χ0n) is 14.5. The number of nitrogens with zero attached hydrogens (tertiary/aromatic N) is 4. The van der Waals surface area contributed by atoms with Gasteiger partial charge in [-0.05, 0) is 30.3 Å². The average molecular weight is 381 g/mol. The Morgan fingerprint density at radius 3 is 2.12 bits per heavy atom. The average Bonchev–Trinajstić information content (AvgIpc) is 2.52. The second kappa shape index (κ2) is 8.32. The maximum Gasteiger partial charge on any atom is 0.134 e. The van der Waals surface area contributed by atoms with Crippen molar-refractivity contribution in [2.24, 2.45) is 9.98 Å². The van der Waals surface area contributed by atoms with Crippen LogP contribution in [0.25, 0.3) is 0 Å². The lowest BCUT2D eigenvalue weighted by atomic mass is 10.2. The Labute approximate surface area is 157 Å². The number of rotatable bonds is 5. The van der Waals surface area contributed by atoms with Gasteiger partial charge in [-0.1, -0.05) is 23.2 Å². The molecule has 132 valence electrons. The smallest absolute Gasteiger partial charge is 0.134 e. The minimum atomic E-state index is -0.348. The van der Waals surface area contributed by atoms with Crippen LogP contribution in [0, 0.1) is 5.82 Å². The molecule has 0 radical (unpaired) electrons. The summed E-state index contributed by atoms with van der Waals surface area (Å²) in [5, 5.41) is 0.752. The molecule has 0 aromatic heterocycles. The van der Waals surface area contributed by atoms with Gasteiger partial charge in [0.15, 0.2) is 0 Å². The van der Waals surface area contributed by atoms with Crippen LogP contribution >= 0.6 is 23.2 Å². The van der Waals surface area contributed by atoms with Gasteiger partial charge in [-0.2, -0.15) is 0 Å². The Balaban J connectivity index is 2.27. The van der Waals surface area contributed by atoms with Gasteiger partial charge in [0.05, 0.1) is 22.1 Å². The van der Waals surface area contributed by atoms with E-state index in [1.807, 2.05) is 39.2 Å². The molecule has 0 heterocycles. The molecular weight excluding hydrogens is 362 g/mol. The highest BCUT2D eigenvalue weighted by atomic mass is 35.5. The van der Waals surface area contributed by atoms with Crippen LogP contribution in [0.5, 0.6) is 0 Å². The summed E-state index contributed by atoms with van der Waals surface area (Å²) in [4.78, 5) is 12.1. The van der Waals surface area contributed by atoms with Crippen LogP contribution in [0.3, 0.4) is 0 Å². The maximum absolute atomic E-state index is 14.1. The first-order valence-electron chi connectivity index (χ1n) is 7.48. The molecule has 2 aromatic rings. The van der Waals surface area contributed by atoms with E-state index >= 15 is 0 Å². The van der Waals surface area contributed by atoms with E-state index in [4.69, 9.17) is 23.2 Å². The molecule has 0 unspecified atom stereocenters. The molecule has 0 bridgehead atoms. The zero-order valence-corrected chi connectivity index (χ0v) is 16.0. The first-order valence-corrected chi connectivity index (χ1v) is 8.24. The lowest BCUT2D eigenvalue weighted by Crippen LogP contribution is -2.09. The molecule has 0 saturated carbocycles. The van der Waals surface area contributed by atoms with Crippen LogP contribution in [-0.4, -0.2) is 45.6 Å². The summed E-state index contributed by atoms with van der Waals surface area (Å²) >= 11 is 12.4. The number of aliphatic imine (C=N–C) groups is 2. The minimum Gasteiger partial charge on any atom is -0.378 e. The minimum absolute atomic E-state index is 0.348. The van der Waals surface area contributed by atoms with Crippen molar-refractivity contribution in [1.29, 1.82) is 0 Å². The van der Waals surface area contributed by atoms with Gasteiger partial charge in [0.1, 0.15) is 11.5 Å². The summed E-state index contributed by atoms with van der Waals surface area (Å²) in [7, 11) is 7.40. The van der Waals surface area contributed by atoms with E-state index in [9.17, 15) is 4.39 Å². The number of benzene rings is 2. The standard InChI is InChI=1S/C18H19Cl2FN4/c1-24(2)11-23-18-15(19)7-13(8-16(18)20)22-10-12-5-6-14(25(3)4)9-17(12)21/h5-11H,1-4H3/b22-10+,23-11-. The largest absolute Gasteiger partial charge is 0.378 e. The van der Waals surface area contributed by atoms with Crippen LogP contribution in [0.2, 0.25) is 10.0 Å². The lowest BCUT2D eigenvalue weighted by molar-refractivity contribution is 0.626. The highest BCUT2D eigenvalue weighted by Gasteiger charge is 2.07. The van der Waals surface area contributed by atoms with Crippen molar-refractivity contribution in [3.8, 4) is 0 Å². The monoisotopic (exact) mass is 380 g/mol. The van der Waals surface area contributed by atoms with Crippen LogP contribution in [-0.2, 0) is 0 Å². The first-order chi connectivity index (χ1) is 11.8. The predicted molar refractivity (Wildman–Crippen MR) is 106 cm³/mol. The summed E-state index contributed by atoms with van der Waals surface area (Å²) < 4.78 is 14.1. The van der Waals surface area contributed by atoms with Gasteiger partial charge in [0, 0.05) is 45.7 Å². The molecule has 7 heteroatoms. The van der Waals surface area contributed by atoms with Crippen molar-refractivity contribution in [2.75, 3.05) is 33.1 Å². The fourth-order valence-electron chi connectivity index (χ4n) is 1.97. The summed E-state index contributed by atoms with van der Waals surface area (Å²) in [5.74, 6) is -0.348. The number of anilines is 1. The van der Waals surface area contributed by atoms with E-state index in [-0.39, 0.29) is 5.82 Å². The Morgan fingerprint density at radius 2 is 1.60 bits per heavy atom. The summed E-state index contributed by atoms with van der Waals surface area (Å²) in [6.45, 7) is 0. The van der Waals surface area contributed by atoms with Crippen LogP contribution in [0.1, 0.15) is 5.56 Å². The van der Waals surface area contributed by atoms with Gasteiger partial charge >= 0.3 is 0 Å². The topological polar surface area (TPSA) is 31.2 Å². The van der Waals surface area contributed by atoms with E-state index in [1.165, 1.54) is 12.3 Å². The van der Waals surface area contributed by atoms with Crippen molar-refractivity contribution < 1.29 is 4.39 Å². The summed E-state index contributed by atoms with van der Waals surface area (Å²) in [5.41, 5.74) is 2.16. The highest BCUT2D eigenvalue weighted by molar-refractivity contribution is 6.39. The summed E-state index contributed by atoms with van der Waals surface area (Å²) in [6.07, 6.45) is 3.05. The maximum atomic E-state index is 14.1. The normalized spacial score (nSPS) is 11.5. The third kappa shape index (κ3) is 5.18. The Kier molecular flexibility index (Phi) is 6.39. The Morgan fingerprint density at radius 1 is 0.960 bits per heavy atom. The number of halogens is 3. The molecular formula is C18H19Cl2FN4. The SMILES string of the molecule is CN(C)/C=N\c1c(Cl)cc(/N=C/c2ccc(N(C)C)cc2F)cc1Cl. The Hall–Kier alpha value is -2.11. The van der Waals surface area contributed by atoms with Crippen LogP contribution in [0.4, 0.5) is 21.5 Å². The zero-order chi connectivity index (χ0) is 18.6. The molecule has 0 spiro atoms. The van der Waals surface area contributed by atoms with Crippen molar-refractivity contribution in [3.05, 3.63) is 51.8 Å². The van der Waals surface area contributed by atoms with Gasteiger partial charge in [0.25, 0.3) is 0 Å². The molecule has 2 rings (SSSR count). The molecule has 0 amide bonds. The van der Waals surface area contributed by atoms with Crippen molar-refractivity contribution in [1.82, 2.24) is 4.90 Å². The van der Waals surface area contributed by atoms with E-state index < -0.39 is 0 Å². The highest BCUT2D eigenvalue weighted by Crippen LogP contribution is 2.37. The Bertz CT molecular complexity index is 794. The molecule has 0 aliphatic rings. The van der Waals surface area contributed by atoms with Gasteiger partial charge in [-0.15, -0.1) is 0 Å². The second-order valence-corrected chi connectivity index (χ2v) is 6.64. The van der Waals surface area contributed by atoms with E-state index in [0.717, 1.165) is 5.69 Å². The third-order valence-electron chi connectivity index (χ3n) is 3.27. The van der Waals surface area contributed by atoms with E-state index in [1.54, 1.807) is 29.4 Å². The molecule has 0 N–H and O–H groups in total. The molecule has 2 aromatic carbocycles. The van der Waals surface area contributed by atoms with Crippen LogP contribution < -0.4 is 4.90 Å². The van der Waals surface area contributed by atoms with Gasteiger partial charge in [0.2, 0.25) is 0 Å². The van der Waals surface area contributed by atoms with Gasteiger partial charge in [-0.25, -0.2) is 9.38 Å². The fraction of sp³-hybridized carbons (Fsp3) is 0.222. The molecule has 4 nitrogen and oxygen atoms in total. The first kappa shape index (κ1) is 19.2. The second-order valence-electron chi connectivity index (χ2n) is 5.82. The molecule has 0 aliphatic carbocycles. The third-order valence-corrected chi connectivity index (χ3v) is 3.85. The lowest BCUT2D eigenvalue weighted by Gasteiger charge is -2.12. The number of hydrogen-bond donors (Lipinski definition) is 0. The van der Waals surface area contributed by atoms with Gasteiger partial charge < -0.3 is 9.80 Å². The molecule has 0 saturated heterocycles. The van der Waals surface area contributed by atoms with Gasteiger partial charge in [-0.3, -0.25) is 4.99 Å². The van der Waals surface area contributed by atoms with E-state index in [0.29, 0.717) is 27.0 Å². The molecule has 0 aliphatic heterocycles. The van der Waals surface area contributed by atoms with Crippen LogP contribution in [0.15, 0.2) is 40.3 Å². The predicted octanol–water partition coefficient (Wildman–Crippen LogP) is 5.17. The quantitative estimate of drug-likeness (QED) is 0.529. The fourth-order valence-corrected chi connectivity index (χ4v) is 2.54. The molecule has 0 fully saturated rings. The van der Waals surface area contributed by atoms with Crippen molar-refractivity contribution in [2.45, 2.75) is 0 Å². The molecule has 0 atom stereocenters. The van der Waals surface area contributed by atoms with Crippen molar-refractivity contribution in [3.63, 3.8) is 0 Å². The number of hydrogen-bond acceptors (Lipinski definition) is 3. The van der Waals surface area contributed by atoms with Crippen molar-refractivity contribution >= 4 is 52.8 Å².